The number of benzene rings is 1. The van der Waals surface area contributed by atoms with E-state index in [1.807, 2.05) is 0 Å². The van der Waals surface area contributed by atoms with Crippen LogP contribution in [-0.4, -0.2) is 6.61 Å². The van der Waals surface area contributed by atoms with Crippen molar-refractivity contribution in [1.82, 2.24) is 0 Å². The van der Waals surface area contributed by atoms with Crippen LogP contribution in [0.2, 0.25) is 5.02 Å². The number of hydrogen-bond donors (Lipinski definition) is 0. The fraction of sp³-hybridized carbons (Fsp3) is 0.143. The molecule has 0 radical (unpaired) electrons. The molecule has 0 aliphatic rings. The summed E-state index contributed by atoms with van der Waals surface area (Å²) in [6.45, 7) is -3.02. The summed E-state index contributed by atoms with van der Waals surface area (Å²) in [5.74, 6) is -1.09. The lowest BCUT2D eigenvalue weighted by atomic mass is 10.3. The molecular formula is C7H3BrClF3O. The third-order valence-electron chi connectivity index (χ3n) is 1.18. The third kappa shape index (κ3) is 2.77. The molecule has 1 aromatic rings. The van der Waals surface area contributed by atoms with Crippen LogP contribution in [0.3, 0.4) is 0 Å². The first-order valence-corrected chi connectivity index (χ1v) is 4.27. The summed E-state index contributed by atoms with van der Waals surface area (Å²) in [7, 11) is 0. The van der Waals surface area contributed by atoms with Crippen molar-refractivity contribution in [3.63, 3.8) is 0 Å². The van der Waals surface area contributed by atoms with Crippen molar-refractivity contribution in [2.75, 3.05) is 0 Å². The predicted molar refractivity (Wildman–Crippen MR) is 45.7 cm³/mol. The highest BCUT2D eigenvalue weighted by Crippen LogP contribution is 2.33. The molecule has 6 heteroatoms. The average molecular weight is 275 g/mol. The molecule has 0 spiro atoms. The lowest BCUT2D eigenvalue weighted by Gasteiger charge is -2.07. The molecule has 72 valence electrons. The highest BCUT2D eigenvalue weighted by Gasteiger charge is 2.12. The minimum atomic E-state index is -3.02. The van der Waals surface area contributed by atoms with Crippen LogP contribution in [0.1, 0.15) is 0 Å². The molecule has 1 rings (SSSR count). The number of rotatable bonds is 2. The maximum atomic E-state index is 12.6. The number of hydrogen-bond acceptors (Lipinski definition) is 1. The maximum Gasteiger partial charge on any atom is 0.387 e. The van der Waals surface area contributed by atoms with Crippen molar-refractivity contribution in [3.05, 3.63) is 27.4 Å². The Hall–Kier alpha value is -0.420. The third-order valence-corrected chi connectivity index (χ3v) is 2.42. The highest BCUT2D eigenvalue weighted by molar-refractivity contribution is 9.10. The second-order valence-corrected chi connectivity index (χ2v) is 3.31. The van der Waals surface area contributed by atoms with E-state index < -0.39 is 12.4 Å². The van der Waals surface area contributed by atoms with Gasteiger partial charge in [-0.15, -0.1) is 0 Å². The second kappa shape index (κ2) is 4.19. The summed E-state index contributed by atoms with van der Waals surface area (Å²) in [6, 6.07) is 1.85. The van der Waals surface area contributed by atoms with Gasteiger partial charge in [-0.25, -0.2) is 4.39 Å². The SMILES string of the molecule is Fc1cc(Br)c(Cl)c(OC(F)F)c1. The number of ether oxygens (including phenoxy) is 1. The quantitative estimate of drug-likeness (QED) is 0.745. The van der Waals surface area contributed by atoms with Gasteiger partial charge in [0.05, 0.1) is 5.02 Å². The Morgan fingerprint density at radius 1 is 1.38 bits per heavy atom. The summed E-state index contributed by atoms with van der Waals surface area (Å²) in [5.41, 5.74) is 0. The van der Waals surface area contributed by atoms with Gasteiger partial charge in [-0.2, -0.15) is 8.78 Å². The monoisotopic (exact) mass is 274 g/mol. The average Bonchev–Trinajstić information content (AvgIpc) is 1.98. The van der Waals surface area contributed by atoms with E-state index in [2.05, 4.69) is 20.7 Å². The van der Waals surface area contributed by atoms with Crippen LogP contribution in [-0.2, 0) is 0 Å². The topological polar surface area (TPSA) is 9.23 Å². The molecule has 0 heterocycles. The van der Waals surface area contributed by atoms with E-state index in [1.165, 1.54) is 0 Å². The first kappa shape index (κ1) is 10.7. The van der Waals surface area contributed by atoms with E-state index in [9.17, 15) is 13.2 Å². The van der Waals surface area contributed by atoms with Crippen LogP contribution in [0.15, 0.2) is 16.6 Å². The summed E-state index contributed by atoms with van der Waals surface area (Å²) < 4.78 is 40.3. The lowest BCUT2D eigenvalue weighted by Crippen LogP contribution is -2.02. The van der Waals surface area contributed by atoms with Gasteiger partial charge in [0.25, 0.3) is 0 Å². The molecule has 1 aromatic carbocycles. The molecule has 0 unspecified atom stereocenters. The Morgan fingerprint density at radius 3 is 2.54 bits per heavy atom. The van der Waals surface area contributed by atoms with E-state index in [4.69, 9.17) is 11.6 Å². The van der Waals surface area contributed by atoms with E-state index in [-0.39, 0.29) is 15.2 Å². The van der Waals surface area contributed by atoms with Crippen molar-refractivity contribution >= 4 is 27.5 Å². The Bertz CT molecular complexity index is 319. The first-order chi connectivity index (χ1) is 6.00. The van der Waals surface area contributed by atoms with E-state index in [0.717, 1.165) is 12.1 Å². The van der Waals surface area contributed by atoms with Crippen molar-refractivity contribution in [2.45, 2.75) is 6.61 Å². The molecule has 0 aliphatic carbocycles. The normalized spacial score (nSPS) is 10.6. The lowest BCUT2D eigenvalue weighted by molar-refractivity contribution is -0.0499. The van der Waals surface area contributed by atoms with Gasteiger partial charge >= 0.3 is 6.61 Å². The van der Waals surface area contributed by atoms with Gasteiger partial charge in [0.2, 0.25) is 0 Å². The van der Waals surface area contributed by atoms with Crippen molar-refractivity contribution in [2.24, 2.45) is 0 Å². The molecule has 0 saturated heterocycles. The van der Waals surface area contributed by atoms with Crippen LogP contribution in [0.4, 0.5) is 13.2 Å². The molecular weight excluding hydrogens is 272 g/mol. The summed E-state index contributed by atoms with van der Waals surface area (Å²) in [6.07, 6.45) is 0. The largest absolute Gasteiger partial charge is 0.433 e. The zero-order valence-electron chi connectivity index (χ0n) is 6.03. The highest BCUT2D eigenvalue weighted by atomic mass is 79.9. The standard InChI is InChI=1S/C7H3BrClF3O/c8-4-1-3(10)2-5(6(4)9)13-7(11)12/h1-2,7H. The van der Waals surface area contributed by atoms with E-state index in [0.29, 0.717) is 0 Å². The molecule has 0 fully saturated rings. The van der Waals surface area contributed by atoms with Gasteiger partial charge in [0, 0.05) is 10.5 Å². The molecule has 0 atom stereocenters. The van der Waals surface area contributed by atoms with Crippen LogP contribution in [0.25, 0.3) is 0 Å². The molecule has 0 aliphatic heterocycles. The minimum Gasteiger partial charge on any atom is -0.433 e. The molecule has 0 amide bonds. The summed E-state index contributed by atoms with van der Waals surface area (Å²) in [5, 5.41) is -0.0818. The van der Waals surface area contributed by atoms with Gasteiger partial charge in [-0.05, 0) is 22.0 Å². The fourth-order valence-corrected chi connectivity index (χ4v) is 1.28. The Labute approximate surface area is 85.6 Å². The molecule has 1 nitrogen and oxygen atoms in total. The Balaban J connectivity index is 3.05. The van der Waals surface area contributed by atoms with E-state index in [1.54, 1.807) is 0 Å². The van der Waals surface area contributed by atoms with Gasteiger partial charge in [-0.3, -0.25) is 0 Å². The van der Waals surface area contributed by atoms with Crippen LogP contribution < -0.4 is 4.74 Å². The molecule has 0 saturated carbocycles. The van der Waals surface area contributed by atoms with E-state index >= 15 is 0 Å². The predicted octanol–water partition coefficient (Wildman–Crippen LogP) is 3.84. The van der Waals surface area contributed by atoms with Crippen LogP contribution in [0, 0.1) is 5.82 Å². The second-order valence-electron chi connectivity index (χ2n) is 2.08. The molecule has 0 aromatic heterocycles. The molecule has 0 N–H and O–H groups in total. The number of halogens is 5. The first-order valence-electron chi connectivity index (χ1n) is 3.10. The fourth-order valence-electron chi connectivity index (χ4n) is 0.714. The van der Waals surface area contributed by atoms with Gasteiger partial charge in [0.15, 0.2) is 0 Å². The Morgan fingerprint density at radius 2 is 2.00 bits per heavy atom. The smallest absolute Gasteiger partial charge is 0.387 e. The zero-order valence-corrected chi connectivity index (χ0v) is 8.37. The van der Waals surface area contributed by atoms with Gasteiger partial charge < -0.3 is 4.74 Å². The molecule has 13 heavy (non-hydrogen) atoms. The van der Waals surface area contributed by atoms with Crippen molar-refractivity contribution in [3.8, 4) is 5.75 Å². The van der Waals surface area contributed by atoms with Crippen LogP contribution >= 0.6 is 27.5 Å². The maximum absolute atomic E-state index is 12.6. The number of alkyl halides is 2. The van der Waals surface area contributed by atoms with Crippen molar-refractivity contribution in [1.29, 1.82) is 0 Å². The molecule has 0 bridgehead atoms. The summed E-state index contributed by atoms with van der Waals surface area (Å²) >= 11 is 8.43. The minimum absolute atomic E-state index is 0.0818. The van der Waals surface area contributed by atoms with Gasteiger partial charge in [0.1, 0.15) is 11.6 Å². The Kier molecular flexibility index (Phi) is 3.44. The zero-order chi connectivity index (χ0) is 10.0. The summed E-state index contributed by atoms with van der Waals surface area (Å²) in [4.78, 5) is 0. The van der Waals surface area contributed by atoms with Crippen molar-refractivity contribution < 1.29 is 17.9 Å². The van der Waals surface area contributed by atoms with Crippen LogP contribution in [0.5, 0.6) is 5.75 Å². The van der Waals surface area contributed by atoms with Gasteiger partial charge in [-0.1, -0.05) is 11.6 Å².